The summed E-state index contributed by atoms with van der Waals surface area (Å²) in [6.45, 7) is -0.384. The van der Waals surface area contributed by atoms with Crippen molar-refractivity contribution >= 4 is 34.8 Å². The van der Waals surface area contributed by atoms with Crippen molar-refractivity contribution < 1.29 is 31.9 Å². The molecule has 200 valence electrons. The van der Waals surface area contributed by atoms with E-state index in [1.54, 1.807) is 0 Å². The summed E-state index contributed by atoms with van der Waals surface area (Å²) in [7, 11) is 0. The molecule has 0 bridgehead atoms. The molecule has 2 amide bonds. The van der Waals surface area contributed by atoms with E-state index in [0.29, 0.717) is 0 Å². The molecule has 3 aromatic rings. The average Bonchev–Trinajstić information content (AvgIpc) is 3.33. The van der Waals surface area contributed by atoms with Gasteiger partial charge in [-0.15, -0.1) is 0 Å². The van der Waals surface area contributed by atoms with E-state index >= 15 is 0 Å². The molecule has 1 fully saturated rings. The van der Waals surface area contributed by atoms with Crippen molar-refractivity contribution in [2.45, 2.75) is 24.7 Å². The Bertz CT molecular complexity index is 1430. The van der Waals surface area contributed by atoms with Crippen molar-refractivity contribution in [2.75, 3.05) is 18.5 Å². The van der Waals surface area contributed by atoms with Crippen molar-refractivity contribution in [1.82, 2.24) is 25.8 Å². The molecule has 0 aliphatic carbocycles. The number of pyridine rings is 1. The molecule has 0 spiro atoms. The first kappa shape index (κ1) is 27.0. The predicted octanol–water partition coefficient (Wildman–Crippen LogP) is 2.93. The fraction of sp³-hybridized carbons (Fsp3) is 0.261. The number of ether oxygens (including phenoxy) is 1. The molecule has 0 saturated carbocycles. The van der Waals surface area contributed by atoms with Gasteiger partial charge in [0.25, 0.3) is 11.5 Å². The van der Waals surface area contributed by atoms with Crippen LogP contribution in [0.5, 0.6) is 0 Å². The number of amides is 2. The Labute approximate surface area is 216 Å². The van der Waals surface area contributed by atoms with Gasteiger partial charge in [-0.2, -0.15) is 18.3 Å². The standard InChI is InChI=1S/C23H19ClF4N6O4/c24-13-1-2-17(15(6-13)23(26,27)28)32-14-7-16(25)18(29-9-14)10-30-21(37)22(3-4-38-11-22)33-20(36)12-5-19(35)34-31-8-12/h1-2,5-9,32H,3-4,10-11H2,(H,30,37)(H,33,36)(H,34,35)/t22-/m0/s1. The number of hydrogen-bond acceptors (Lipinski definition) is 7. The number of anilines is 2. The van der Waals surface area contributed by atoms with E-state index in [4.69, 9.17) is 16.3 Å². The number of carbonyl (C=O) groups is 2. The molecule has 4 N–H and O–H groups in total. The van der Waals surface area contributed by atoms with Crippen LogP contribution in [0.4, 0.5) is 28.9 Å². The molecule has 10 nitrogen and oxygen atoms in total. The van der Waals surface area contributed by atoms with E-state index in [1.807, 2.05) is 0 Å². The topological polar surface area (TPSA) is 138 Å². The first-order valence-electron chi connectivity index (χ1n) is 11.0. The third-order valence-electron chi connectivity index (χ3n) is 5.64. The fourth-order valence-corrected chi connectivity index (χ4v) is 3.87. The van der Waals surface area contributed by atoms with E-state index in [9.17, 15) is 31.9 Å². The quantitative estimate of drug-likeness (QED) is 0.329. The second-order valence-electron chi connectivity index (χ2n) is 8.32. The van der Waals surface area contributed by atoms with Crippen molar-refractivity contribution in [3.05, 3.63) is 80.7 Å². The summed E-state index contributed by atoms with van der Waals surface area (Å²) in [4.78, 5) is 40.9. The lowest BCUT2D eigenvalue weighted by Gasteiger charge is -2.27. The normalized spacial score (nSPS) is 17.2. The van der Waals surface area contributed by atoms with Crippen LogP contribution in [0.15, 0.2) is 47.5 Å². The van der Waals surface area contributed by atoms with Crippen LogP contribution in [0.1, 0.15) is 28.0 Å². The minimum absolute atomic E-state index is 0.0650. The van der Waals surface area contributed by atoms with Gasteiger partial charge in [0, 0.05) is 30.2 Å². The lowest BCUT2D eigenvalue weighted by Crippen LogP contribution is -2.59. The van der Waals surface area contributed by atoms with Crippen molar-refractivity contribution in [1.29, 1.82) is 0 Å². The van der Waals surface area contributed by atoms with Gasteiger partial charge >= 0.3 is 6.18 Å². The van der Waals surface area contributed by atoms with Gasteiger partial charge < -0.3 is 20.7 Å². The first-order valence-corrected chi connectivity index (χ1v) is 11.4. The number of rotatable bonds is 7. The number of alkyl halides is 3. The van der Waals surface area contributed by atoms with Gasteiger partial charge in [0.05, 0.1) is 53.7 Å². The zero-order valence-corrected chi connectivity index (χ0v) is 20.0. The molecule has 1 aliphatic heterocycles. The van der Waals surface area contributed by atoms with E-state index in [1.165, 1.54) is 6.07 Å². The number of aromatic amines is 1. The Hall–Kier alpha value is -4.04. The third kappa shape index (κ3) is 6.08. The molecule has 4 rings (SSSR count). The Balaban J connectivity index is 1.45. The van der Waals surface area contributed by atoms with Gasteiger partial charge in [-0.1, -0.05) is 11.6 Å². The smallest absolute Gasteiger partial charge is 0.378 e. The van der Waals surface area contributed by atoms with Crippen molar-refractivity contribution in [3.8, 4) is 0 Å². The molecular formula is C23H19ClF4N6O4. The molecule has 15 heteroatoms. The molecule has 1 saturated heterocycles. The summed E-state index contributed by atoms with van der Waals surface area (Å²) in [5.74, 6) is -2.31. The fourth-order valence-electron chi connectivity index (χ4n) is 3.70. The van der Waals surface area contributed by atoms with Gasteiger partial charge in [-0.25, -0.2) is 9.49 Å². The van der Waals surface area contributed by atoms with Crippen LogP contribution in [0, 0.1) is 5.82 Å². The van der Waals surface area contributed by atoms with Crippen molar-refractivity contribution in [2.24, 2.45) is 0 Å². The van der Waals surface area contributed by atoms with Gasteiger partial charge in [0.2, 0.25) is 5.91 Å². The maximum absolute atomic E-state index is 14.7. The van der Waals surface area contributed by atoms with Crippen LogP contribution in [0.25, 0.3) is 0 Å². The molecule has 3 heterocycles. The highest BCUT2D eigenvalue weighted by atomic mass is 35.5. The zero-order chi connectivity index (χ0) is 27.5. The largest absolute Gasteiger partial charge is 0.418 e. The Morgan fingerprint density at radius 2 is 1.97 bits per heavy atom. The highest BCUT2D eigenvalue weighted by Gasteiger charge is 2.44. The number of nitrogens with zero attached hydrogens (tertiary/aromatic N) is 2. The van der Waals surface area contributed by atoms with E-state index < -0.39 is 40.5 Å². The molecule has 0 radical (unpaired) electrons. The van der Waals surface area contributed by atoms with Gasteiger partial charge in [0.15, 0.2) is 0 Å². The summed E-state index contributed by atoms with van der Waals surface area (Å²) in [5, 5.41) is 13.1. The highest BCUT2D eigenvalue weighted by Crippen LogP contribution is 2.37. The van der Waals surface area contributed by atoms with Gasteiger partial charge in [0.1, 0.15) is 11.4 Å². The van der Waals surface area contributed by atoms with Crippen LogP contribution in [0.3, 0.4) is 0 Å². The monoisotopic (exact) mass is 554 g/mol. The van der Waals surface area contributed by atoms with Crippen LogP contribution in [0.2, 0.25) is 5.02 Å². The molecule has 1 atom stereocenters. The second kappa shape index (κ2) is 10.8. The van der Waals surface area contributed by atoms with Crippen molar-refractivity contribution in [3.63, 3.8) is 0 Å². The zero-order valence-electron chi connectivity index (χ0n) is 19.3. The molecule has 1 aromatic carbocycles. The lowest BCUT2D eigenvalue weighted by atomic mass is 9.96. The second-order valence-corrected chi connectivity index (χ2v) is 8.76. The number of H-pyrrole nitrogens is 1. The van der Waals surface area contributed by atoms with Gasteiger partial charge in [-0.3, -0.25) is 19.4 Å². The summed E-state index contributed by atoms with van der Waals surface area (Å²) >= 11 is 5.67. The highest BCUT2D eigenvalue weighted by molar-refractivity contribution is 6.30. The minimum Gasteiger partial charge on any atom is -0.378 e. The number of halogens is 5. The van der Waals surface area contributed by atoms with Gasteiger partial charge in [-0.05, 0) is 18.2 Å². The van der Waals surface area contributed by atoms with E-state index in [2.05, 4.69) is 31.1 Å². The number of nitrogens with one attached hydrogen (secondary N) is 4. The summed E-state index contributed by atoms with van der Waals surface area (Å²) < 4.78 is 60.0. The maximum Gasteiger partial charge on any atom is 0.418 e. The third-order valence-corrected chi connectivity index (χ3v) is 5.87. The molecule has 2 aromatic heterocycles. The Kier molecular flexibility index (Phi) is 7.64. The number of carbonyl (C=O) groups excluding carboxylic acids is 2. The number of benzene rings is 1. The number of aromatic nitrogens is 3. The predicted molar refractivity (Wildman–Crippen MR) is 126 cm³/mol. The Morgan fingerprint density at radius 1 is 1.18 bits per heavy atom. The van der Waals surface area contributed by atoms with Crippen LogP contribution in [-0.2, 0) is 22.3 Å². The maximum atomic E-state index is 14.7. The molecule has 38 heavy (non-hydrogen) atoms. The first-order chi connectivity index (χ1) is 18.0. The van der Waals surface area contributed by atoms with Crippen LogP contribution < -0.4 is 21.5 Å². The molecule has 1 aliphatic rings. The summed E-state index contributed by atoms with van der Waals surface area (Å²) in [5.41, 5.74) is -3.82. The molecule has 0 unspecified atom stereocenters. The average molecular weight is 555 g/mol. The molecular weight excluding hydrogens is 536 g/mol. The summed E-state index contributed by atoms with van der Waals surface area (Å²) in [6, 6.07) is 5.04. The van der Waals surface area contributed by atoms with Crippen LogP contribution in [-0.4, -0.2) is 45.7 Å². The summed E-state index contributed by atoms with van der Waals surface area (Å²) in [6.07, 6.45) is -2.36. The lowest BCUT2D eigenvalue weighted by molar-refractivity contribution is -0.137. The minimum atomic E-state index is -4.70. The SMILES string of the molecule is O=C(N[C@@]1(C(=O)NCc2ncc(Nc3ccc(Cl)cc3C(F)(F)F)cc2F)CCOC1)c1cn[nH]c(=O)c1. The van der Waals surface area contributed by atoms with Crippen LogP contribution >= 0.6 is 11.6 Å². The Morgan fingerprint density at radius 3 is 2.63 bits per heavy atom. The van der Waals surface area contributed by atoms with E-state index in [0.717, 1.165) is 36.7 Å². The van der Waals surface area contributed by atoms with E-state index in [-0.39, 0.29) is 53.8 Å². The number of hydrogen-bond donors (Lipinski definition) is 4.